The van der Waals surface area contributed by atoms with Crippen LogP contribution in [0.2, 0.25) is 0 Å². The van der Waals surface area contributed by atoms with E-state index in [0.717, 1.165) is 6.42 Å². The second-order valence-electron chi connectivity index (χ2n) is 11.5. The maximum atomic E-state index is 2.43. The smallest absolute Gasteiger partial charge is 0.0541 e. The van der Waals surface area contributed by atoms with Gasteiger partial charge in [-0.05, 0) is 92.2 Å². The molecule has 0 unspecified atom stereocenters. The van der Waals surface area contributed by atoms with Crippen molar-refractivity contribution in [2.24, 2.45) is 0 Å². The highest BCUT2D eigenvalue weighted by atomic mass is 15.0. The third-order valence-corrected chi connectivity index (χ3v) is 9.03. The summed E-state index contributed by atoms with van der Waals surface area (Å²) in [6.07, 6.45) is 6.37. The summed E-state index contributed by atoms with van der Waals surface area (Å²) in [5.74, 6) is 0. The van der Waals surface area contributed by atoms with Gasteiger partial charge in [0.05, 0.1) is 11.0 Å². The SMILES string of the molecule is CCCCCCc1ccc(-n2c3ccccc3c3cc(-c4ccc5ccc6cccc7ccc4c5c67)ccc32)cc1. The van der Waals surface area contributed by atoms with Crippen molar-refractivity contribution >= 4 is 54.1 Å². The molecule has 0 spiro atoms. The fourth-order valence-corrected chi connectivity index (χ4v) is 6.97. The van der Waals surface area contributed by atoms with E-state index in [0.29, 0.717) is 0 Å². The van der Waals surface area contributed by atoms with Crippen LogP contribution >= 0.6 is 0 Å². The molecule has 0 aliphatic rings. The summed E-state index contributed by atoms with van der Waals surface area (Å²) in [5, 5.41) is 10.6. The summed E-state index contributed by atoms with van der Waals surface area (Å²) >= 11 is 0. The first kappa shape index (κ1) is 24.2. The summed E-state index contributed by atoms with van der Waals surface area (Å²) in [6, 6.07) is 45.5. The number of benzene rings is 7. The van der Waals surface area contributed by atoms with E-state index in [2.05, 4.69) is 133 Å². The Morgan fingerprint density at radius 2 is 1.24 bits per heavy atom. The highest BCUT2D eigenvalue weighted by Gasteiger charge is 2.16. The number of unbranched alkanes of at least 4 members (excludes halogenated alkanes) is 3. The van der Waals surface area contributed by atoms with Crippen molar-refractivity contribution in [1.82, 2.24) is 4.57 Å². The van der Waals surface area contributed by atoms with E-state index in [4.69, 9.17) is 0 Å². The van der Waals surface area contributed by atoms with Crippen LogP contribution in [0, 0.1) is 0 Å². The monoisotopic (exact) mass is 527 g/mol. The van der Waals surface area contributed by atoms with Crippen LogP contribution in [0.4, 0.5) is 0 Å². The number of aryl methyl sites for hydroxylation is 1. The molecule has 1 nitrogen and oxygen atoms in total. The molecule has 0 saturated carbocycles. The Kier molecular flexibility index (Phi) is 5.77. The predicted molar refractivity (Wildman–Crippen MR) is 178 cm³/mol. The van der Waals surface area contributed by atoms with Crippen LogP contribution in [-0.4, -0.2) is 4.57 Å². The number of hydrogen-bond acceptors (Lipinski definition) is 0. The molecular formula is C40H33N. The van der Waals surface area contributed by atoms with Gasteiger partial charge < -0.3 is 4.57 Å². The first-order chi connectivity index (χ1) is 20.3. The fourth-order valence-electron chi connectivity index (χ4n) is 6.97. The molecule has 0 aliphatic heterocycles. The molecule has 1 heteroatoms. The van der Waals surface area contributed by atoms with Crippen molar-refractivity contribution in [3.8, 4) is 16.8 Å². The van der Waals surface area contributed by atoms with E-state index < -0.39 is 0 Å². The van der Waals surface area contributed by atoms with Gasteiger partial charge in [-0.25, -0.2) is 0 Å². The van der Waals surface area contributed by atoms with Gasteiger partial charge in [-0.1, -0.05) is 117 Å². The van der Waals surface area contributed by atoms with Crippen LogP contribution in [0.15, 0.2) is 121 Å². The van der Waals surface area contributed by atoms with E-state index in [9.17, 15) is 0 Å². The molecule has 7 aromatic carbocycles. The van der Waals surface area contributed by atoms with Gasteiger partial charge in [0.25, 0.3) is 0 Å². The average Bonchev–Trinajstić information content (AvgIpc) is 3.36. The van der Waals surface area contributed by atoms with Crippen LogP contribution in [0.5, 0.6) is 0 Å². The first-order valence-corrected chi connectivity index (χ1v) is 15.1. The second-order valence-corrected chi connectivity index (χ2v) is 11.5. The number of hydrogen-bond donors (Lipinski definition) is 0. The minimum absolute atomic E-state index is 1.16. The highest BCUT2D eigenvalue weighted by Crippen LogP contribution is 2.41. The van der Waals surface area contributed by atoms with Crippen LogP contribution in [0.1, 0.15) is 38.2 Å². The van der Waals surface area contributed by atoms with Crippen molar-refractivity contribution in [3.63, 3.8) is 0 Å². The van der Waals surface area contributed by atoms with Crippen molar-refractivity contribution in [1.29, 1.82) is 0 Å². The van der Waals surface area contributed by atoms with E-state index in [1.807, 2.05) is 0 Å². The summed E-state index contributed by atoms with van der Waals surface area (Å²) < 4.78 is 2.43. The third kappa shape index (κ3) is 3.91. The minimum Gasteiger partial charge on any atom is -0.309 e. The Morgan fingerprint density at radius 3 is 2.07 bits per heavy atom. The second kappa shape index (κ2) is 9.78. The molecule has 1 aromatic heterocycles. The lowest BCUT2D eigenvalue weighted by atomic mass is 9.89. The van der Waals surface area contributed by atoms with E-state index >= 15 is 0 Å². The molecule has 0 N–H and O–H groups in total. The zero-order valence-electron chi connectivity index (χ0n) is 23.5. The Balaban J connectivity index is 1.27. The Bertz CT molecular complexity index is 2160. The zero-order valence-corrected chi connectivity index (χ0v) is 23.5. The van der Waals surface area contributed by atoms with Gasteiger partial charge in [0.2, 0.25) is 0 Å². The summed E-state index contributed by atoms with van der Waals surface area (Å²) in [6.45, 7) is 2.27. The molecular weight excluding hydrogens is 494 g/mol. The molecule has 8 rings (SSSR count). The number of fused-ring (bicyclic) bond motifs is 3. The first-order valence-electron chi connectivity index (χ1n) is 15.1. The van der Waals surface area contributed by atoms with E-state index in [-0.39, 0.29) is 0 Å². The molecule has 0 fully saturated rings. The molecule has 0 saturated heterocycles. The van der Waals surface area contributed by atoms with Gasteiger partial charge in [-0.2, -0.15) is 0 Å². The lowest BCUT2D eigenvalue weighted by molar-refractivity contribution is 0.667. The summed E-state index contributed by atoms with van der Waals surface area (Å²) in [7, 11) is 0. The molecule has 41 heavy (non-hydrogen) atoms. The molecule has 0 bridgehead atoms. The third-order valence-electron chi connectivity index (χ3n) is 9.03. The zero-order chi connectivity index (χ0) is 27.3. The minimum atomic E-state index is 1.16. The van der Waals surface area contributed by atoms with Crippen LogP contribution in [0.3, 0.4) is 0 Å². The number of rotatable bonds is 7. The van der Waals surface area contributed by atoms with Gasteiger partial charge in [-0.3, -0.25) is 0 Å². The standard InChI is InChI=1S/C40H33N/c1-2-3-4-5-9-27-14-21-32(22-15-27)41-37-13-7-6-12-34(37)36-26-31(20-25-38(36)41)33-23-18-30-17-16-28-10-8-11-29-19-24-35(33)40(30)39(28)29/h6-8,10-26H,2-5,9H2,1H3. The largest absolute Gasteiger partial charge is 0.309 e. The fraction of sp³-hybridized carbons (Fsp3) is 0.150. The van der Waals surface area contributed by atoms with Gasteiger partial charge in [0.1, 0.15) is 0 Å². The average molecular weight is 528 g/mol. The maximum absolute atomic E-state index is 2.43. The van der Waals surface area contributed by atoms with Crippen molar-refractivity contribution < 1.29 is 0 Å². The van der Waals surface area contributed by atoms with Gasteiger partial charge in [0.15, 0.2) is 0 Å². The van der Waals surface area contributed by atoms with Crippen molar-refractivity contribution in [3.05, 3.63) is 127 Å². The normalized spacial score (nSPS) is 12.0. The quantitative estimate of drug-likeness (QED) is 0.143. The molecule has 0 aliphatic carbocycles. The summed E-state index contributed by atoms with van der Waals surface area (Å²) in [5.41, 5.74) is 7.72. The van der Waals surface area contributed by atoms with Crippen LogP contribution in [0.25, 0.3) is 70.9 Å². The van der Waals surface area contributed by atoms with E-state index in [1.165, 1.54) is 102 Å². The van der Waals surface area contributed by atoms with E-state index in [1.54, 1.807) is 0 Å². The number of aromatic nitrogens is 1. The lowest BCUT2D eigenvalue weighted by Gasteiger charge is -2.14. The Morgan fingerprint density at radius 1 is 0.512 bits per heavy atom. The molecule has 0 atom stereocenters. The maximum Gasteiger partial charge on any atom is 0.0541 e. The van der Waals surface area contributed by atoms with Gasteiger partial charge >= 0.3 is 0 Å². The highest BCUT2D eigenvalue weighted by molar-refractivity contribution is 6.25. The van der Waals surface area contributed by atoms with Crippen LogP contribution in [-0.2, 0) is 6.42 Å². The van der Waals surface area contributed by atoms with Crippen molar-refractivity contribution in [2.75, 3.05) is 0 Å². The lowest BCUT2D eigenvalue weighted by Crippen LogP contribution is -1.95. The predicted octanol–water partition coefficient (Wildman–Crippen LogP) is 11.5. The molecule has 198 valence electrons. The van der Waals surface area contributed by atoms with Crippen molar-refractivity contribution in [2.45, 2.75) is 39.0 Å². The van der Waals surface area contributed by atoms with Gasteiger partial charge in [0, 0.05) is 16.5 Å². The molecule has 8 aromatic rings. The molecule has 0 radical (unpaired) electrons. The Labute approximate surface area is 241 Å². The molecule has 0 amide bonds. The summed E-state index contributed by atoms with van der Waals surface area (Å²) in [4.78, 5) is 0. The number of nitrogens with zero attached hydrogens (tertiary/aromatic N) is 1. The topological polar surface area (TPSA) is 4.93 Å². The van der Waals surface area contributed by atoms with Gasteiger partial charge in [-0.15, -0.1) is 0 Å². The number of para-hydroxylation sites is 1. The Hall–Kier alpha value is -4.62. The van der Waals surface area contributed by atoms with Crippen LogP contribution < -0.4 is 0 Å². The molecule has 1 heterocycles.